The Bertz CT molecular complexity index is 815. The number of thiophene rings is 1. The first-order valence-corrected chi connectivity index (χ1v) is 8.43. The number of ether oxygens (including phenoxy) is 1. The fraction of sp³-hybridized carbons (Fsp3) is 0.235. The van der Waals surface area contributed by atoms with Crippen molar-refractivity contribution in [2.45, 2.75) is 19.6 Å². The highest BCUT2D eigenvalue weighted by atomic mass is 32.1. The molecule has 0 aliphatic heterocycles. The molecule has 0 spiro atoms. The highest BCUT2D eigenvalue weighted by Gasteiger charge is 2.32. The standard InChI is InChI=1S/C17H16F3N3OS/c1-22(10-13-4-2-3-5-16(13)24-17(18,19)20)12-23-8-6-15(21-23)14-7-9-25-11-14/h2-9,11H,10,12H2,1H3. The number of hydrogen-bond acceptors (Lipinski definition) is 4. The summed E-state index contributed by atoms with van der Waals surface area (Å²) in [6.45, 7) is 0.754. The van der Waals surface area contributed by atoms with E-state index < -0.39 is 6.36 Å². The van der Waals surface area contributed by atoms with Crippen LogP contribution in [0.5, 0.6) is 5.75 Å². The summed E-state index contributed by atoms with van der Waals surface area (Å²) >= 11 is 1.60. The van der Waals surface area contributed by atoms with Crippen LogP contribution >= 0.6 is 11.3 Å². The Morgan fingerprint density at radius 1 is 1.20 bits per heavy atom. The lowest BCUT2D eigenvalue weighted by Crippen LogP contribution is -2.23. The van der Waals surface area contributed by atoms with Crippen LogP contribution in [0, 0.1) is 0 Å². The van der Waals surface area contributed by atoms with Gasteiger partial charge in [0.25, 0.3) is 0 Å². The van der Waals surface area contributed by atoms with Gasteiger partial charge in [0.1, 0.15) is 5.75 Å². The number of benzene rings is 1. The third-order valence-electron chi connectivity index (χ3n) is 3.48. The van der Waals surface area contributed by atoms with Crippen LogP contribution in [0.4, 0.5) is 13.2 Å². The number of alkyl halides is 3. The second-order valence-electron chi connectivity index (χ2n) is 5.56. The van der Waals surface area contributed by atoms with Gasteiger partial charge in [0.15, 0.2) is 0 Å². The molecule has 1 aromatic carbocycles. The third kappa shape index (κ3) is 4.83. The smallest absolute Gasteiger partial charge is 0.405 e. The van der Waals surface area contributed by atoms with E-state index in [9.17, 15) is 13.2 Å². The van der Waals surface area contributed by atoms with E-state index >= 15 is 0 Å². The first-order chi connectivity index (χ1) is 11.9. The number of para-hydroxylation sites is 1. The van der Waals surface area contributed by atoms with Gasteiger partial charge >= 0.3 is 6.36 Å². The highest BCUT2D eigenvalue weighted by Crippen LogP contribution is 2.27. The monoisotopic (exact) mass is 367 g/mol. The van der Waals surface area contributed by atoms with E-state index in [1.165, 1.54) is 12.1 Å². The SMILES string of the molecule is CN(Cc1ccccc1OC(F)(F)F)Cn1ccc(-c2ccsc2)n1. The van der Waals surface area contributed by atoms with Gasteiger partial charge < -0.3 is 4.74 Å². The molecule has 0 aliphatic carbocycles. The van der Waals surface area contributed by atoms with Crippen LogP contribution in [0.1, 0.15) is 5.56 Å². The zero-order valence-corrected chi connectivity index (χ0v) is 14.2. The molecule has 0 unspecified atom stereocenters. The molecule has 0 bridgehead atoms. The average Bonchev–Trinajstić information content (AvgIpc) is 3.18. The summed E-state index contributed by atoms with van der Waals surface area (Å²) in [4.78, 5) is 1.86. The van der Waals surface area contributed by atoms with Crippen LogP contribution < -0.4 is 4.74 Å². The zero-order chi connectivity index (χ0) is 17.9. The van der Waals surface area contributed by atoms with E-state index in [2.05, 4.69) is 9.84 Å². The minimum absolute atomic E-state index is 0.179. The molecule has 0 aliphatic rings. The summed E-state index contributed by atoms with van der Waals surface area (Å²) in [6.07, 6.45) is -2.85. The van der Waals surface area contributed by atoms with Gasteiger partial charge in [-0.05, 0) is 30.6 Å². The maximum absolute atomic E-state index is 12.5. The molecule has 0 saturated carbocycles. The van der Waals surface area contributed by atoms with Crippen molar-refractivity contribution in [1.29, 1.82) is 0 Å². The van der Waals surface area contributed by atoms with Crippen molar-refractivity contribution in [2.75, 3.05) is 7.05 Å². The van der Waals surface area contributed by atoms with Crippen LogP contribution in [0.25, 0.3) is 11.3 Å². The van der Waals surface area contributed by atoms with Gasteiger partial charge in [-0.25, -0.2) is 0 Å². The molecule has 3 aromatic rings. The van der Waals surface area contributed by atoms with Crippen molar-refractivity contribution >= 4 is 11.3 Å². The molecular weight excluding hydrogens is 351 g/mol. The van der Waals surface area contributed by atoms with E-state index in [1.54, 1.807) is 28.2 Å². The van der Waals surface area contributed by atoms with Gasteiger partial charge in [0.05, 0.1) is 12.4 Å². The summed E-state index contributed by atoms with van der Waals surface area (Å²) in [5.41, 5.74) is 2.39. The summed E-state index contributed by atoms with van der Waals surface area (Å²) in [5.74, 6) is -0.179. The molecule has 4 nitrogen and oxygen atoms in total. The molecule has 0 fully saturated rings. The second kappa shape index (κ2) is 7.28. The van der Waals surface area contributed by atoms with Crippen LogP contribution in [0.15, 0.2) is 53.4 Å². The molecular formula is C17H16F3N3OS. The number of halogens is 3. The normalized spacial score (nSPS) is 11.9. The molecule has 0 amide bonds. The van der Waals surface area contributed by atoms with Gasteiger partial charge in [-0.2, -0.15) is 16.4 Å². The highest BCUT2D eigenvalue weighted by molar-refractivity contribution is 7.08. The van der Waals surface area contributed by atoms with Crippen molar-refractivity contribution < 1.29 is 17.9 Å². The van der Waals surface area contributed by atoms with E-state index in [0.29, 0.717) is 18.8 Å². The topological polar surface area (TPSA) is 30.3 Å². The molecule has 2 heterocycles. The Labute approximate surface area is 147 Å². The molecule has 132 valence electrons. The van der Waals surface area contributed by atoms with Crippen LogP contribution in [-0.2, 0) is 13.2 Å². The van der Waals surface area contributed by atoms with Crippen LogP contribution in [0.2, 0.25) is 0 Å². The molecule has 8 heteroatoms. The summed E-state index contributed by atoms with van der Waals surface area (Å²) in [6, 6.07) is 10.1. The molecule has 2 aromatic heterocycles. The van der Waals surface area contributed by atoms with E-state index in [-0.39, 0.29) is 5.75 Å². The summed E-state index contributed by atoms with van der Waals surface area (Å²) in [5, 5.41) is 8.49. The fourth-order valence-corrected chi connectivity index (χ4v) is 3.10. The van der Waals surface area contributed by atoms with Crippen LogP contribution in [0.3, 0.4) is 0 Å². The summed E-state index contributed by atoms with van der Waals surface area (Å²) in [7, 11) is 1.82. The molecule has 0 saturated heterocycles. The van der Waals surface area contributed by atoms with Gasteiger partial charge in [-0.15, -0.1) is 13.2 Å². The number of rotatable bonds is 6. The largest absolute Gasteiger partial charge is 0.573 e. The minimum Gasteiger partial charge on any atom is -0.405 e. The van der Waals surface area contributed by atoms with E-state index in [1.807, 2.05) is 41.0 Å². The van der Waals surface area contributed by atoms with Crippen molar-refractivity contribution in [3.63, 3.8) is 0 Å². The Kier molecular flexibility index (Phi) is 5.10. The Balaban J connectivity index is 1.66. The van der Waals surface area contributed by atoms with Crippen molar-refractivity contribution in [3.05, 3.63) is 58.9 Å². The van der Waals surface area contributed by atoms with Gasteiger partial charge in [-0.3, -0.25) is 9.58 Å². The molecule has 0 atom stereocenters. The molecule has 0 radical (unpaired) electrons. The van der Waals surface area contributed by atoms with Crippen molar-refractivity contribution in [1.82, 2.24) is 14.7 Å². The van der Waals surface area contributed by atoms with Gasteiger partial charge in [0.2, 0.25) is 0 Å². The molecule has 0 N–H and O–H groups in total. The molecule has 25 heavy (non-hydrogen) atoms. The van der Waals surface area contributed by atoms with Gasteiger partial charge in [0, 0.05) is 29.2 Å². The van der Waals surface area contributed by atoms with Crippen LogP contribution in [-0.4, -0.2) is 28.1 Å². The van der Waals surface area contributed by atoms with E-state index in [0.717, 1.165) is 11.3 Å². The Hall–Kier alpha value is -2.32. The number of aromatic nitrogens is 2. The summed E-state index contributed by atoms with van der Waals surface area (Å²) < 4.78 is 43.3. The first-order valence-electron chi connectivity index (χ1n) is 7.49. The number of hydrogen-bond donors (Lipinski definition) is 0. The lowest BCUT2D eigenvalue weighted by Gasteiger charge is -2.19. The predicted molar refractivity (Wildman–Crippen MR) is 90.1 cm³/mol. The zero-order valence-electron chi connectivity index (χ0n) is 13.4. The average molecular weight is 367 g/mol. The Morgan fingerprint density at radius 2 is 2.00 bits per heavy atom. The van der Waals surface area contributed by atoms with Crippen molar-refractivity contribution in [2.24, 2.45) is 0 Å². The minimum atomic E-state index is -4.70. The quantitative estimate of drug-likeness (QED) is 0.638. The fourth-order valence-electron chi connectivity index (χ4n) is 2.45. The Morgan fingerprint density at radius 3 is 2.72 bits per heavy atom. The first kappa shape index (κ1) is 17.5. The molecule has 3 rings (SSSR count). The van der Waals surface area contributed by atoms with Crippen molar-refractivity contribution in [3.8, 4) is 17.0 Å². The maximum Gasteiger partial charge on any atom is 0.573 e. The lowest BCUT2D eigenvalue weighted by molar-refractivity contribution is -0.275. The lowest BCUT2D eigenvalue weighted by atomic mass is 10.2. The maximum atomic E-state index is 12.5. The number of nitrogens with zero attached hydrogens (tertiary/aromatic N) is 3. The van der Waals surface area contributed by atoms with E-state index in [4.69, 9.17) is 0 Å². The van der Waals surface area contributed by atoms with Gasteiger partial charge in [-0.1, -0.05) is 18.2 Å². The second-order valence-corrected chi connectivity index (χ2v) is 6.34. The third-order valence-corrected chi connectivity index (χ3v) is 4.17. The predicted octanol–water partition coefficient (Wildman–Crippen LogP) is 4.60.